The fraction of sp³-hybridized carbons (Fsp3) is 0.440. The standard InChI is InChI=1S/C25H32N2O2/c1-6-27(18-11-8-7-9-12-18)25(29)22-15-21(22)24(28)26-23-19(16(2)3)13-10-14-20(23)17(4)5/h7-14,16-17,21-22H,6,15H2,1-5H3,(H,26,28). The lowest BCUT2D eigenvalue weighted by Crippen LogP contribution is -2.33. The number of amides is 2. The van der Waals surface area contributed by atoms with Gasteiger partial charge < -0.3 is 10.2 Å². The van der Waals surface area contributed by atoms with Crippen LogP contribution in [-0.2, 0) is 9.59 Å². The van der Waals surface area contributed by atoms with Gasteiger partial charge in [-0.3, -0.25) is 9.59 Å². The summed E-state index contributed by atoms with van der Waals surface area (Å²) in [6, 6.07) is 15.9. The Morgan fingerprint density at radius 1 is 0.931 bits per heavy atom. The molecule has 1 fully saturated rings. The zero-order valence-corrected chi connectivity index (χ0v) is 18.1. The number of para-hydroxylation sites is 2. The minimum Gasteiger partial charge on any atom is -0.325 e. The molecule has 0 aliphatic heterocycles. The fourth-order valence-corrected chi connectivity index (χ4v) is 3.94. The summed E-state index contributed by atoms with van der Waals surface area (Å²) in [7, 11) is 0. The lowest BCUT2D eigenvalue weighted by atomic mass is 9.92. The van der Waals surface area contributed by atoms with Gasteiger partial charge in [0.05, 0.1) is 11.8 Å². The molecule has 4 nitrogen and oxygen atoms in total. The van der Waals surface area contributed by atoms with Gasteiger partial charge in [-0.05, 0) is 48.4 Å². The first-order chi connectivity index (χ1) is 13.8. The van der Waals surface area contributed by atoms with E-state index in [0.717, 1.165) is 22.5 Å². The van der Waals surface area contributed by atoms with E-state index in [9.17, 15) is 9.59 Å². The van der Waals surface area contributed by atoms with Crippen LogP contribution >= 0.6 is 0 Å². The summed E-state index contributed by atoms with van der Waals surface area (Å²) < 4.78 is 0. The van der Waals surface area contributed by atoms with Gasteiger partial charge >= 0.3 is 0 Å². The number of hydrogen-bond acceptors (Lipinski definition) is 2. The van der Waals surface area contributed by atoms with E-state index in [4.69, 9.17) is 0 Å². The molecule has 0 radical (unpaired) electrons. The summed E-state index contributed by atoms with van der Waals surface area (Å²) in [6.07, 6.45) is 0.620. The van der Waals surface area contributed by atoms with E-state index in [2.05, 4.69) is 51.2 Å². The second-order valence-corrected chi connectivity index (χ2v) is 8.48. The van der Waals surface area contributed by atoms with Crippen LogP contribution in [0, 0.1) is 11.8 Å². The molecule has 2 aromatic rings. The molecule has 29 heavy (non-hydrogen) atoms. The Labute approximate surface area is 174 Å². The molecule has 4 heteroatoms. The highest BCUT2D eigenvalue weighted by Crippen LogP contribution is 2.42. The first-order valence-corrected chi connectivity index (χ1v) is 10.6. The highest BCUT2D eigenvalue weighted by Gasteiger charge is 2.49. The van der Waals surface area contributed by atoms with Crippen LogP contribution in [0.25, 0.3) is 0 Å². The summed E-state index contributed by atoms with van der Waals surface area (Å²) in [4.78, 5) is 27.8. The van der Waals surface area contributed by atoms with Gasteiger partial charge in [-0.15, -0.1) is 0 Å². The Balaban J connectivity index is 1.75. The molecule has 2 aromatic carbocycles. The smallest absolute Gasteiger partial charge is 0.230 e. The van der Waals surface area contributed by atoms with Crippen molar-refractivity contribution in [2.75, 3.05) is 16.8 Å². The van der Waals surface area contributed by atoms with Crippen LogP contribution in [-0.4, -0.2) is 18.4 Å². The largest absolute Gasteiger partial charge is 0.325 e. The van der Waals surface area contributed by atoms with E-state index in [-0.39, 0.29) is 23.7 Å². The number of nitrogens with zero attached hydrogens (tertiary/aromatic N) is 1. The zero-order valence-electron chi connectivity index (χ0n) is 18.1. The van der Waals surface area contributed by atoms with Gasteiger partial charge in [0.15, 0.2) is 0 Å². The molecule has 1 saturated carbocycles. The first kappa shape index (κ1) is 21.1. The molecule has 1 N–H and O–H groups in total. The Kier molecular flexibility index (Phi) is 6.41. The molecular weight excluding hydrogens is 360 g/mol. The van der Waals surface area contributed by atoms with Gasteiger partial charge in [0.2, 0.25) is 11.8 Å². The van der Waals surface area contributed by atoms with Crippen molar-refractivity contribution >= 4 is 23.2 Å². The van der Waals surface area contributed by atoms with Crippen LogP contribution < -0.4 is 10.2 Å². The van der Waals surface area contributed by atoms with E-state index in [0.29, 0.717) is 24.8 Å². The minimum atomic E-state index is -0.250. The summed E-state index contributed by atoms with van der Waals surface area (Å²) in [5.41, 5.74) is 4.11. The van der Waals surface area contributed by atoms with E-state index in [1.54, 1.807) is 4.90 Å². The number of nitrogens with one attached hydrogen (secondary N) is 1. The predicted molar refractivity (Wildman–Crippen MR) is 119 cm³/mol. The third-order valence-corrected chi connectivity index (χ3v) is 5.72. The topological polar surface area (TPSA) is 49.4 Å². The maximum atomic E-state index is 13.0. The maximum Gasteiger partial charge on any atom is 0.230 e. The van der Waals surface area contributed by atoms with E-state index in [1.807, 2.05) is 37.3 Å². The molecule has 0 spiro atoms. The molecule has 2 unspecified atom stereocenters. The molecule has 0 heterocycles. The second kappa shape index (κ2) is 8.81. The third kappa shape index (κ3) is 4.52. The van der Waals surface area contributed by atoms with Gasteiger partial charge in [-0.1, -0.05) is 64.1 Å². The average Bonchev–Trinajstić information content (AvgIpc) is 3.50. The molecule has 0 saturated heterocycles. The van der Waals surface area contributed by atoms with E-state index >= 15 is 0 Å². The molecule has 2 atom stereocenters. The van der Waals surface area contributed by atoms with Crippen LogP contribution in [0.3, 0.4) is 0 Å². The number of rotatable bonds is 7. The number of hydrogen-bond donors (Lipinski definition) is 1. The Morgan fingerprint density at radius 3 is 2.03 bits per heavy atom. The number of benzene rings is 2. The first-order valence-electron chi connectivity index (χ1n) is 10.6. The molecule has 1 aliphatic carbocycles. The SMILES string of the molecule is CCN(C(=O)C1CC1C(=O)Nc1c(C(C)C)cccc1C(C)C)c1ccccc1. The lowest BCUT2D eigenvalue weighted by Gasteiger charge is -2.22. The predicted octanol–water partition coefficient (Wildman–Crippen LogP) is 5.56. The van der Waals surface area contributed by atoms with Crippen molar-refractivity contribution in [3.05, 3.63) is 59.7 Å². The van der Waals surface area contributed by atoms with Crippen LogP contribution in [0.1, 0.15) is 64.0 Å². The highest BCUT2D eigenvalue weighted by molar-refractivity contribution is 6.04. The van der Waals surface area contributed by atoms with Crippen molar-refractivity contribution in [1.82, 2.24) is 0 Å². The molecule has 0 aromatic heterocycles. The minimum absolute atomic E-state index is 0.0394. The van der Waals surface area contributed by atoms with Crippen LogP contribution in [0.2, 0.25) is 0 Å². The van der Waals surface area contributed by atoms with E-state index < -0.39 is 0 Å². The normalized spacial score (nSPS) is 18.0. The highest BCUT2D eigenvalue weighted by atomic mass is 16.2. The molecule has 0 bridgehead atoms. The fourth-order valence-electron chi connectivity index (χ4n) is 3.94. The van der Waals surface area contributed by atoms with Gasteiger partial charge in [0.1, 0.15) is 0 Å². The Hall–Kier alpha value is -2.62. The zero-order chi connectivity index (χ0) is 21.1. The van der Waals surface area contributed by atoms with Crippen LogP contribution in [0.4, 0.5) is 11.4 Å². The maximum absolute atomic E-state index is 13.0. The summed E-state index contributed by atoms with van der Waals surface area (Å²) in [5.74, 6) is 0.149. The second-order valence-electron chi connectivity index (χ2n) is 8.48. The summed E-state index contributed by atoms with van der Waals surface area (Å²) >= 11 is 0. The van der Waals surface area contributed by atoms with Gasteiger partial charge in [0.25, 0.3) is 0 Å². The number of carbonyl (C=O) groups excluding carboxylic acids is 2. The average molecular weight is 393 g/mol. The van der Waals surface area contributed by atoms with E-state index in [1.165, 1.54) is 0 Å². The summed E-state index contributed by atoms with van der Waals surface area (Å²) in [5, 5.41) is 3.18. The monoisotopic (exact) mass is 392 g/mol. The van der Waals surface area contributed by atoms with Crippen LogP contribution in [0.15, 0.2) is 48.5 Å². The molecular formula is C25H32N2O2. The van der Waals surface area contributed by atoms with Crippen LogP contribution in [0.5, 0.6) is 0 Å². The Bertz CT molecular complexity index is 847. The number of carbonyl (C=O) groups is 2. The number of anilines is 2. The molecule has 2 amide bonds. The van der Waals surface area contributed by atoms with Crippen molar-refractivity contribution in [2.45, 2.75) is 52.9 Å². The Morgan fingerprint density at radius 2 is 1.52 bits per heavy atom. The van der Waals surface area contributed by atoms with Crippen molar-refractivity contribution < 1.29 is 9.59 Å². The quantitative estimate of drug-likeness (QED) is 0.670. The van der Waals surface area contributed by atoms with Crippen molar-refractivity contribution in [3.63, 3.8) is 0 Å². The summed E-state index contributed by atoms with van der Waals surface area (Å²) in [6.45, 7) is 11.1. The van der Waals surface area contributed by atoms with Crippen molar-refractivity contribution in [1.29, 1.82) is 0 Å². The molecule has 1 aliphatic rings. The molecule has 3 rings (SSSR count). The lowest BCUT2D eigenvalue weighted by molar-refractivity contribution is -0.123. The molecule has 154 valence electrons. The third-order valence-electron chi connectivity index (χ3n) is 5.72. The van der Waals surface area contributed by atoms with Gasteiger partial charge in [-0.2, -0.15) is 0 Å². The van der Waals surface area contributed by atoms with Crippen molar-refractivity contribution in [2.24, 2.45) is 11.8 Å². The van der Waals surface area contributed by atoms with Crippen molar-refractivity contribution in [3.8, 4) is 0 Å². The van der Waals surface area contributed by atoms with Gasteiger partial charge in [-0.25, -0.2) is 0 Å². The van der Waals surface area contributed by atoms with Gasteiger partial charge in [0, 0.05) is 17.9 Å².